The molecular weight excluding hydrogens is 304 g/mol. The van der Waals surface area contributed by atoms with Crippen LogP contribution in [-0.2, 0) is 11.2 Å². The third kappa shape index (κ3) is 2.92. The summed E-state index contributed by atoms with van der Waals surface area (Å²) in [7, 11) is 0. The molecule has 64 valence electrons. The standard InChI is InChI=1S/C8H6Br2OS/c9-6-2-1-5(3-8(11)12)7(10)4-6/h1-2,4H,3H2,(H,11,12). The highest BCUT2D eigenvalue weighted by Crippen LogP contribution is 2.22. The largest absolute Gasteiger partial charge is 0.287 e. The Morgan fingerprint density at radius 2 is 2.08 bits per heavy atom. The summed E-state index contributed by atoms with van der Waals surface area (Å²) in [5.41, 5.74) is 0.957. The van der Waals surface area contributed by atoms with Gasteiger partial charge in [0, 0.05) is 15.4 Å². The molecule has 0 aliphatic carbocycles. The topological polar surface area (TPSA) is 17.1 Å². The Morgan fingerprint density at radius 1 is 1.42 bits per heavy atom. The van der Waals surface area contributed by atoms with Crippen LogP contribution in [0.2, 0.25) is 0 Å². The first-order valence-corrected chi connectivity index (χ1v) is 5.28. The number of carbonyl (C=O) groups is 1. The number of benzene rings is 1. The van der Waals surface area contributed by atoms with E-state index < -0.39 is 0 Å². The van der Waals surface area contributed by atoms with Gasteiger partial charge in [0.2, 0.25) is 0 Å². The third-order valence-corrected chi connectivity index (χ3v) is 2.75. The minimum atomic E-state index is -0.127. The van der Waals surface area contributed by atoms with Crippen LogP contribution in [-0.4, -0.2) is 5.12 Å². The Hall–Kier alpha value is 0.200. The maximum atomic E-state index is 10.7. The Bertz CT molecular complexity index is 312. The number of carbonyl (C=O) groups excluding carboxylic acids is 1. The van der Waals surface area contributed by atoms with Crippen molar-refractivity contribution in [3.8, 4) is 0 Å². The van der Waals surface area contributed by atoms with Gasteiger partial charge in [-0.1, -0.05) is 37.9 Å². The zero-order valence-electron chi connectivity index (χ0n) is 6.05. The van der Waals surface area contributed by atoms with Crippen molar-refractivity contribution in [3.05, 3.63) is 32.7 Å². The normalized spacial score (nSPS) is 9.92. The number of hydrogen-bond acceptors (Lipinski definition) is 1. The van der Waals surface area contributed by atoms with Crippen molar-refractivity contribution in [1.82, 2.24) is 0 Å². The summed E-state index contributed by atoms with van der Waals surface area (Å²) in [4.78, 5) is 10.7. The molecule has 0 amide bonds. The first kappa shape index (κ1) is 10.3. The lowest BCUT2D eigenvalue weighted by molar-refractivity contribution is -0.110. The van der Waals surface area contributed by atoms with E-state index >= 15 is 0 Å². The van der Waals surface area contributed by atoms with E-state index in [1.165, 1.54) is 0 Å². The Kier molecular flexibility index (Phi) is 3.80. The smallest absolute Gasteiger partial charge is 0.190 e. The van der Waals surface area contributed by atoms with E-state index in [2.05, 4.69) is 44.5 Å². The van der Waals surface area contributed by atoms with Crippen LogP contribution in [0.1, 0.15) is 5.56 Å². The van der Waals surface area contributed by atoms with E-state index in [4.69, 9.17) is 0 Å². The maximum Gasteiger partial charge on any atom is 0.190 e. The summed E-state index contributed by atoms with van der Waals surface area (Å²) in [5, 5.41) is -0.127. The van der Waals surface area contributed by atoms with Crippen molar-refractivity contribution < 1.29 is 4.79 Å². The summed E-state index contributed by atoms with van der Waals surface area (Å²) < 4.78 is 1.92. The molecular formula is C8H6Br2OS. The second kappa shape index (κ2) is 4.44. The average Bonchev–Trinajstić information content (AvgIpc) is 1.94. The average molecular weight is 310 g/mol. The van der Waals surface area contributed by atoms with E-state index in [0.29, 0.717) is 6.42 Å². The van der Waals surface area contributed by atoms with Gasteiger partial charge in [0.15, 0.2) is 5.12 Å². The van der Waals surface area contributed by atoms with Crippen molar-refractivity contribution in [2.24, 2.45) is 0 Å². The molecule has 0 atom stereocenters. The number of hydrogen-bond donors (Lipinski definition) is 1. The van der Waals surface area contributed by atoms with E-state index in [1.54, 1.807) is 0 Å². The van der Waals surface area contributed by atoms with E-state index in [0.717, 1.165) is 14.5 Å². The molecule has 0 fully saturated rings. The predicted molar refractivity (Wildman–Crippen MR) is 59.5 cm³/mol. The SMILES string of the molecule is O=C(S)Cc1ccc(Br)cc1Br. The van der Waals surface area contributed by atoms with Gasteiger partial charge < -0.3 is 0 Å². The lowest BCUT2D eigenvalue weighted by atomic mass is 10.2. The van der Waals surface area contributed by atoms with Crippen LogP contribution in [0.5, 0.6) is 0 Å². The van der Waals surface area contributed by atoms with Crippen molar-refractivity contribution in [2.75, 3.05) is 0 Å². The van der Waals surface area contributed by atoms with Gasteiger partial charge in [-0.25, -0.2) is 0 Å². The molecule has 0 aliphatic heterocycles. The van der Waals surface area contributed by atoms with Crippen molar-refractivity contribution in [1.29, 1.82) is 0 Å². The minimum absolute atomic E-state index is 0.127. The van der Waals surface area contributed by atoms with Gasteiger partial charge in [0.25, 0.3) is 0 Å². The zero-order valence-corrected chi connectivity index (χ0v) is 10.1. The molecule has 0 heterocycles. The number of thiol groups is 1. The predicted octanol–water partition coefficient (Wildman–Crippen LogP) is 3.21. The fourth-order valence-electron chi connectivity index (χ4n) is 0.828. The molecule has 1 rings (SSSR count). The van der Waals surface area contributed by atoms with Crippen molar-refractivity contribution in [3.63, 3.8) is 0 Å². The van der Waals surface area contributed by atoms with E-state index in [9.17, 15) is 4.79 Å². The van der Waals surface area contributed by atoms with Crippen LogP contribution in [0.25, 0.3) is 0 Å². The van der Waals surface area contributed by atoms with Gasteiger partial charge in [0.1, 0.15) is 0 Å². The molecule has 0 saturated carbocycles. The van der Waals surface area contributed by atoms with Gasteiger partial charge in [-0.05, 0) is 17.7 Å². The lowest BCUT2D eigenvalue weighted by Gasteiger charge is -2.01. The third-order valence-electron chi connectivity index (χ3n) is 1.36. The summed E-state index contributed by atoms with van der Waals surface area (Å²) in [6.07, 6.45) is 0.358. The van der Waals surface area contributed by atoms with Crippen LogP contribution >= 0.6 is 44.5 Å². The van der Waals surface area contributed by atoms with Crippen LogP contribution in [0, 0.1) is 0 Å². The van der Waals surface area contributed by atoms with Gasteiger partial charge in [-0.2, -0.15) is 0 Å². The highest BCUT2D eigenvalue weighted by molar-refractivity contribution is 9.11. The highest BCUT2D eigenvalue weighted by Gasteiger charge is 2.03. The van der Waals surface area contributed by atoms with E-state index in [-0.39, 0.29) is 5.12 Å². The molecule has 0 spiro atoms. The van der Waals surface area contributed by atoms with Crippen molar-refractivity contribution in [2.45, 2.75) is 6.42 Å². The Labute approximate surface area is 93.2 Å². The fourth-order valence-corrected chi connectivity index (χ4v) is 2.19. The molecule has 0 radical (unpaired) electrons. The molecule has 1 aromatic carbocycles. The quantitative estimate of drug-likeness (QED) is 0.830. The molecule has 1 aromatic rings. The fraction of sp³-hybridized carbons (Fsp3) is 0.125. The molecule has 0 aromatic heterocycles. The highest BCUT2D eigenvalue weighted by atomic mass is 79.9. The first-order valence-electron chi connectivity index (χ1n) is 3.25. The van der Waals surface area contributed by atoms with Gasteiger partial charge in [-0.15, -0.1) is 12.6 Å². The van der Waals surface area contributed by atoms with Gasteiger partial charge in [0.05, 0.1) is 0 Å². The first-order chi connectivity index (χ1) is 5.59. The lowest BCUT2D eigenvalue weighted by Crippen LogP contribution is -1.94. The second-order valence-corrected chi connectivity index (χ2v) is 4.58. The van der Waals surface area contributed by atoms with Crippen LogP contribution in [0.4, 0.5) is 0 Å². The number of rotatable bonds is 2. The van der Waals surface area contributed by atoms with Crippen LogP contribution in [0.15, 0.2) is 27.1 Å². The minimum Gasteiger partial charge on any atom is -0.287 e. The van der Waals surface area contributed by atoms with E-state index in [1.807, 2.05) is 18.2 Å². The summed E-state index contributed by atoms with van der Waals surface area (Å²) in [6, 6.07) is 5.70. The van der Waals surface area contributed by atoms with Crippen molar-refractivity contribution >= 4 is 49.6 Å². The summed E-state index contributed by atoms with van der Waals surface area (Å²) >= 11 is 10.4. The Balaban J connectivity index is 2.93. The molecule has 4 heteroatoms. The molecule has 0 saturated heterocycles. The summed E-state index contributed by atoms with van der Waals surface area (Å²) in [6.45, 7) is 0. The molecule has 12 heavy (non-hydrogen) atoms. The molecule has 0 unspecified atom stereocenters. The second-order valence-electron chi connectivity index (χ2n) is 2.31. The molecule has 1 nitrogen and oxygen atoms in total. The van der Waals surface area contributed by atoms with Crippen LogP contribution in [0.3, 0.4) is 0 Å². The number of halogens is 2. The maximum absolute atomic E-state index is 10.7. The molecule has 0 aliphatic rings. The van der Waals surface area contributed by atoms with Gasteiger partial charge >= 0.3 is 0 Å². The Morgan fingerprint density at radius 3 is 2.58 bits per heavy atom. The van der Waals surface area contributed by atoms with Gasteiger partial charge in [-0.3, -0.25) is 4.79 Å². The summed E-state index contributed by atoms with van der Waals surface area (Å²) in [5.74, 6) is 0. The van der Waals surface area contributed by atoms with Crippen LogP contribution < -0.4 is 0 Å². The molecule has 0 N–H and O–H groups in total. The zero-order chi connectivity index (χ0) is 9.14. The monoisotopic (exact) mass is 308 g/mol. The molecule has 0 bridgehead atoms.